The summed E-state index contributed by atoms with van der Waals surface area (Å²) in [7, 11) is 0. The standard InChI is InChI=1S/C21H33N5O6/c1-5-6-9-30-26-14-7-8-16(25(10-14)19(26)27)18-23-22-17(31-18)13-29-15-11-24(12-15)20(28)32-21(2,3)4/h14-16H,5-13H2,1-4H3/t14-,16-/m0/s1. The van der Waals surface area contributed by atoms with Crippen LogP contribution in [0, 0.1) is 0 Å². The second-order valence-electron chi connectivity index (χ2n) is 9.55. The fraction of sp³-hybridized carbons (Fsp3) is 0.810. The highest BCUT2D eigenvalue weighted by Gasteiger charge is 2.47. The molecule has 0 N–H and O–H groups in total. The SMILES string of the molecule is CCCCON1C(=O)N2C[C@@H]1CC[C@H]2c1nnc(COC2CN(C(=O)OC(C)(C)C)C2)o1. The lowest BCUT2D eigenvalue weighted by Crippen LogP contribution is -2.55. The van der Waals surface area contributed by atoms with Crippen LogP contribution in [0.15, 0.2) is 4.42 Å². The Morgan fingerprint density at radius 3 is 2.69 bits per heavy atom. The maximum absolute atomic E-state index is 12.8. The molecule has 0 saturated carbocycles. The summed E-state index contributed by atoms with van der Waals surface area (Å²) >= 11 is 0. The van der Waals surface area contributed by atoms with Crippen molar-refractivity contribution in [2.45, 2.75) is 83.8 Å². The highest BCUT2D eigenvalue weighted by Crippen LogP contribution is 2.38. The number of carbonyl (C=O) groups excluding carboxylic acids is 2. The molecule has 0 unspecified atom stereocenters. The van der Waals surface area contributed by atoms with Crippen LogP contribution in [0.5, 0.6) is 0 Å². The van der Waals surface area contributed by atoms with E-state index >= 15 is 0 Å². The average Bonchev–Trinajstić information content (AvgIpc) is 3.25. The number of hydrogen-bond donors (Lipinski definition) is 0. The van der Waals surface area contributed by atoms with E-state index in [1.54, 1.807) is 9.80 Å². The van der Waals surface area contributed by atoms with Gasteiger partial charge in [-0.2, -0.15) is 5.06 Å². The zero-order valence-electron chi connectivity index (χ0n) is 19.3. The van der Waals surface area contributed by atoms with Crippen molar-refractivity contribution in [2.24, 2.45) is 0 Å². The molecule has 3 aliphatic heterocycles. The van der Waals surface area contributed by atoms with Crippen molar-refractivity contribution in [3.63, 3.8) is 0 Å². The lowest BCUT2D eigenvalue weighted by Gasteiger charge is -2.39. The normalized spacial score (nSPS) is 23.6. The maximum atomic E-state index is 12.8. The Morgan fingerprint density at radius 1 is 1.19 bits per heavy atom. The van der Waals surface area contributed by atoms with E-state index < -0.39 is 5.60 Å². The molecule has 0 aromatic carbocycles. The van der Waals surface area contributed by atoms with Crippen LogP contribution in [0.1, 0.15) is 71.2 Å². The molecule has 0 radical (unpaired) electrons. The van der Waals surface area contributed by atoms with Gasteiger partial charge >= 0.3 is 12.1 Å². The third-order valence-electron chi connectivity index (χ3n) is 5.76. The molecular weight excluding hydrogens is 418 g/mol. The smallest absolute Gasteiger partial charge is 0.410 e. The van der Waals surface area contributed by atoms with Gasteiger partial charge in [-0.1, -0.05) is 13.3 Å². The predicted octanol–water partition coefficient (Wildman–Crippen LogP) is 2.88. The Morgan fingerprint density at radius 2 is 1.97 bits per heavy atom. The summed E-state index contributed by atoms with van der Waals surface area (Å²) in [5, 5.41) is 9.76. The molecule has 4 heterocycles. The predicted molar refractivity (Wildman–Crippen MR) is 111 cm³/mol. The Bertz CT molecular complexity index is 818. The number of urea groups is 1. The number of rotatable bonds is 8. The number of amides is 3. The average molecular weight is 452 g/mol. The van der Waals surface area contributed by atoms with Gasteiger partial charge in [0, 0.05) is 6.54 Å². The van der Waals surface area contributed by atoms with Gasteiger partial charge in [0.15, 0.2) is 0 Å². The molecule has 3 saturated heterocycles. The zero-order chi connectivity index (χ0) is 22.9. The molecule has 3 amide bonds. The minimum atomic E-state index is -0.516. The number of likely N-dealkylation sites (tertiary alicyclic amines) is 1. The topological polar surface area (TPSA) is 110 Å². The van der Waals surface area contributed by atoms with Gasteiger partial charge in [-0.25, -0.2) is 9.59 Å². The number of nitrogens with zero attached hydrogens (tertiary/aromatic N) is 5. The third kappa shape index (κ3) is 4.98. The molecule has 178 valence electrons. The van der Waals surface area contributed by atoms with Gasteiger partial charge in [0.25, 0.3) is 0 Å². The molecule has 2 bridgehead atoms. The summed E-state index contributed by atoms with van der Waals surface area (Å²) in [5.74, 6) is 0.787. The quantitative estimate of drug-likeness (QED) is 0.555. The van der Waals surface area contributed by atoms with Gasteiger partial charge < -0.3 is 23.7 Å². The first-order valence-electron chi connectivity index (χ1n) is 11.4. The van der Waals surface area contributed by atoms with Crippen molar-refractivity contribution in [3.8, 4) is 0 Å². The number of piperidine rings is 1. The Labute approximate surface area is 187 Å². The molecule has 2 atom stereocenters. The second-order valence-corrected chi connectivity index (χ2v) is 9.55. The molecule has 0 aliphatic carbocycles. The van der Waals surface area contributed by atoms with Crippen molar-refractivity contribution in [1.29, 1.82) is 0 Å². The highest BCUT2D eigenvalue weighted by molar-refractivity contribution is 5.77. The fourth-order valence-electron chi connectivity index (χ4n) is 4.03. The lowest BCUT2D eigenvalue weighted by atomic mass is 10.0. The van der Waals surface area contributed by atoms with E-state index in [-0.39, 0.29) is 36.9 Å². The fourth-order valence-corrected chi connectivity index (χ4v) is 4.03. The van der Waals surface area contributed by atoms with Crippen LogP contribution in [0.2, 0.25) is 0 Å². The van der Waals surface area contributed by atoms with Crippen LogP contribution in [0.25, 0.3) is 0 Å². The summed E-state index contributed by atoms with van der Waals surface area (Å²) in [5.41, 5.74) is -0.516. The van der Waals surface area contributed by atoms with Gasteiger partial charge in [-0.3, -0.25) is 4.84 Å². The maximum Gasteiger partial charge on any atom is 0.410 e. The largest absolute Gasteiger partial charge is 0.444 e. The monoisotopic (exact) mass is 451 g/mol. The van der Waals surface area contributed by atoms with E-state index in [0.29, 0.717) is 38.0 Å². The van der Waals surface area contributed by atoms with Gasteiger partial charge in [0.1, 0.15) is 18.2 Å². The molecule has 0 spiro atoms. The van der Waals surface area contributed by atoms with Gasteiger partial charge in [-0.15, -0.1) is 10.2 Å². The number of fused-ring (bicyclic) bond motifs is 2. The summed E-state index contributed by atoms with van der Waals surface area (Å²) in [4.78, 5) is 33.8. The van der Waals surface area contributed by atoms with Crippen molar-refractivity contribution in [3.05, 3.63) is 11.8 Å². The third-order valence-corrected chi connectivity index (χ3v) is 5.76. The molecular formula is C21H33N5O6. The summed E-state index contributed by atoms with van der Waals surface area (Å²) in [6.45, 7) is 9.85. The van der Waals surface area contributed by atoms with Crippen LogP contribution < -0.4 is 0 Å². The van der Waals surface area contributed by atoms with E-state index in [4.69, 9.17) is 18.7 Å². The molecule has 3 aliphatic rings. The first-order valence-corrected chi connectivity index (χ1v) is 11.4. The number of hydrogen-bond acceptors (Lipinski definition) is 8. The lowest BCUT2D eigenvalue weighted by molar-refractivity contribution is -0.130. The van der Waals surface area contributed by atoms with Gasteiger partial charge in [0.2, 0.25) is 11.8 Å². The molecule has 11 nitrogen and oxygen atoms in total. The van der Waals surface area contributed by atoms with Crippen LogP contribution in [-0.2, 0) is 20.9 Å². The summed E-state index contributed by atoms with van der Waals surface area (Å²) in [6.07, 6.45) is 3.09. The van der Waals surface area contributed by atoms with E-state index in [2.05, 4.69) is 17.1 Å². The Kier molecular flexibility index (Phi) is 6.57. The number of unbranched alkanes of at least 4 members (excludes halogenated alkanes) is 1. The van der Waals surface area contributed by atoms with Crippen molar-refractivity contribution in [1.82, 2.24) is 25.1 Å². The molecule has 32 heavy (non-hydrogen) atoms. The van der Waals surface area contributed by atoms with Crippen molar-refractivity contribution in [2.75, 3.05) is 26.2 Å². The van der Waals surface area contributed by atoms with Crippen LogP contribution in [0.3, 0.4) is 0 Å². The molecule has 4 rings (SSSR count). The second kappa shape index (κ2) is 9.22. The molecule has 11 heteroatoms. The number of aromatic nitrogens is 2. The minimum absolute atomic E-state index is 0.0767. The van der Waals surface area contributed by atoms with E-state index in [1.165, 1.54) is 5.06 Å². The zero-order valence-corrected chi connectivity index (χ0v) is 19.3. The van der Waals surface area contributed by atoms with Crippen LogP contribution in [0.4, 0.5) is 9.59 Å². The minimum Gasteiger partial charge on any atom is -0.444 e. The van der Waals surface area contributed by atoms with Crippen molar-refractivity contribution >= 4 is 12.1 Å². The van der Waals surface area contributed by atoms with Gasteiger partial charge in [-0.05, 0) is 40.0 Å². The van der Waals surface area contributed by atoms with Gasteiger partial charge in [0.05, 0.1) is 31.8 Å². The van der Waals surface area contributed by atoms with E-state index in [9.17, 15) is 9.59 Å². The molecule has 1 aromatic rings. The Balaban J connectivity index is 1.24. The highest BCUT2D eigenvalue weighted by atomic mass is 16.7. The van der Waals surface area contributed by atoms with Crippen LogP contribution in [-0.4, -0.2) is 81.2 Å². The number of ether oxygens (including phenoxy) is 2. The summed E-state index contributed by atoms with van der Waals surface area (Å²) in [6, 6.07) is -0.305. The Hall–Kier alpha value is -2.40. The van der Waals surface area contributed by atoms with E-state index in [0.717, 1.165) is 25.7 Å². The summed E-state index contributed by atoms with van der Waals surface area (Å²) < 4.78 is 16.9. The molecule has 3 fully saturated rings. The first-order chi connectivity index (χ1) is 15.2. The van der Waals surface area contributed by atoms with E-state index in [1.807, 2.05) is 20.8 Å². The van der Waals surface area contributed by atoms with Crippen molar-refractivity contribution < 1.29 is 28.3 Å². The number of hydroxylamine groups is 2. The first kappa shape index (κ1) is 22.8. The number of carbonyl (C=O) groups is 2. The molecule has 1 aromatic heterocycles. The van der Waals surface area contributed by atoms with Crippen LogP contribution >= 0.6 is 0 Å².